The molecule has 6 nitrogen and oxygen atoms in total. The summed E-state index contributed by atoms with van der Waals surface area (Å²) in [6, 6.07) is 6.16. The van der Waals surface area contributed by atoms with E-state index in [-0.39, 0.29) is 29.7 Å². The number of likely N-dealkylation sites (tertiary alicyclic amines) is 1. The van der Waals surface area contributed by atoms with Crippen molar-refractivity contribution in [2.45, 2.75) is 58.5 Å². The molecule has 1 aromatic rings. The molecule has 7 heteroatoms. The van der Waals surface area contributed by atoms with Crippen LogP contribution in [0.25, 0.3) is 0 Å². The maximum absolute atomic E-state index is 12.9. The van der Waals surface area contributed by atoms with E-state index >= 15 is 0 Å². The largest absolute Gasteiger partial charge is 0.352 e. The lowest BCUT2D eigenvalue weighted by Crippen LogP contribution is -2.55. The number of hydrogen-bond acceptors (Lipinski definition) is 3. The summed E-state index contributed by atoms with van der Waals surface area (Å²) in [5.41, 5.74) is 0.351. The Hall–Kier alpha value is -2.08. The third kappa shape index (κ3) is 5.71. The third-order valence-corrected chi connectivity index (χ3v) is 5.68. The zero-order chi connectivity index (χ0) is 20.7. The van der Waals surface area contributed by atoms with Crippen molar-refractivity contribution in [1.82, 2.24) is 15.5 Å². The van der Waals surface area contributed by atoms with Crippen molar-refractivity contribution in [2.75, 3.05) is 13.1 Å². The molecule has 2 N–H and O–H groups in total. The SMILES string of the molecule is CCC(=O)N1CCC(C(NC(=O)c2ccccc2Cl)C(=O)NC(C)CC)CC1. The van der Waals surface area contributed by atoms with Crippen molar-refractivity contribution >= 4 is 29.3 Å². The second-order valence-electron chi connectivity index (χ2n) is 7.32. The molecule has 1 aliphatic heterocycles. The number of nitrogens with zero attached hydrogens (tertiary/aromatic N) is 1. The lowest BCUT2D eigenvalue weighted by molar-refractivity contribution is -0.132. The van der Waals surface area contributed by atoms with Crippen LogP contribution in [-0.4, -0.2) is 47.8 Å². The van der Waals surface area contributed by atoms with Gasteiger partial charge in [-0.3, -0.25) is 14.4 Å². The molecular formula is C21H30ClN3O3. The minimum absolute atomic E-state index is 0.0222. The van der Waals surface area contributed by atoms with Crippen LogP contribution in [0.15, 0.2) is 24.3 Å². The molecule has 0 saturated carbocycles. The van der Waals surface area contributed by atoms with Crippen LogP contribution in [0.5, 0.6) is 0 Å². The van der Waals surface area contributed by atoms with E-state index in [0.717, 1.165) is 6.42 Å². The Kier molecular flexibility index (Phi) is 8.30. The molecule has 1 aliphatic rings. The topological polar surface area (TPSA) is 78.5 Å². The second kappa shape index (κ2) is 10.5. The van der Waals surface area contributed by atoms with Crippen molar-refractivity contribution in [3.05, 3.63) is 34.9 Å². The number of rotatable bonds is 7. The number of hydrogen-bond donors (Lipinski definition) is 2. The van der Waals surface area contributed by atoms with E-state index in [2.05, 4.69) is 10.6 Å². The molecule has 1 saturated heterocycles. The van der Waals surface area contributed by atoms with Gasteiger partial charge in [0.25, 0.3) is 5.91 Å². The number of nitrogens with one attached hydrogen (secondary N) is 2. The Morgan fingerprint density at radius 2 is 1.79 bits per heavy atom. The van der Waals surface area contributed by atoms with Crippen LogP contribution < -0.4 is 10.6 Å². The fraction of sp³-hybridized carbons (Fsp3) is 0.571. The van der Waals surface area contributed by atoms with Crippen LogP contribution in [0.1, 0.15) is 56.8 Å². The monoisotopic (exact) mass is 407 g/mol. The van der Waals surface area contributed by atoms with Gasteiger partial charge in [0, 0.05) is 25.6 Å². The predicted octanol–water partition coefficient (Wildman–Crippen LogP) is 3.00. The van der Waals surface area contributed by atoms with Crippen LogP contribution in [0.4, 0.5) is 0 Å². The Balaban J connectivity index is 2.13. The van der Waals surface area contributed by atoms with Crippen LogP contribution in [0.2, 0.25) is 5.02 Å². The van der Waals surface area contributed by atoms with E-state index in [0.29, 0.717) is 42.9 Å². The van der Waals surface area contributed by atoms with Gasteiger partial charge in [0.2, 0.25) is 11.8 Å². The van der Waals surface area contributed by atoms with Crippen LogP contribution in [0, 0.1) is 5.92 Å². The molecule has 1 aromatic carbocycles. The first-order valence-corrected chi connectivity index (χ1v) is 10.4. The molecule has 0 aliphatic carbocycles. The average molecular weight is 408 g/mol. The van der Waals surface area contributed by atoms with E-state index in [1.54, 1.807) is 24.3 Å². The normalized spacial score (nSPS) is 16.9. The van der Waals surface area contributed by atoms with Gasteiger partial charge in [-0.15, -0.1) is 0 Å². The number of piperidine rings is 1. The molecule has 154 valence electrons. The highest BCUT2D eigenvalue weighted by Gasteiger charge is 2.34. The van der Waals surface area contributed by atoms with Gasteiger partial charge in [0.1, 0.15) is 6.04 Å². The fourth-order valence-corrected chi connectivity index (χ4v) is 3.62. The number of carbonyl (C=O) groups is 3. The summed E-state index contributed by atoms with van der Waals surface area (Å²) < 4.78 is 0. The Labute approximate surface area is 172 Å². The Morgan fingerprint density at radius 3 is 2.36 bits per heavy atom. The molecule has 3 amide bonds. The van der Waals surface area contributed by atoms with E-state index in [9.17, 15) is 14.4 Å². The smallest absolute Gasteiger partial charge is 0.253 e. The molecule has 0 radical (unpaired) electrons. The van der Waals surface area contributed by atoms with Crippen molar-refractivity contribution in [2.24, 2.45) is 5.92 Å². The van der Waals surface area contributed by atoms with Crippen LogP contribution in [0.3, 0.4) is 0 Å². The Bertz CT molecular complexity index is 702. The standard InChI is InChI=1S/C21H30ClN3O3/c1-4-14(3)23-21(28)19(15-10-12-25(13-11-15)18(26)5-2)24-20(27)16-8-6-7-9-17(16)22/h6-9,14-15,19H,4-5,10-13H2,1-3H3,(H,23,28)(H,24,27). The first kappa shape index (κ1) is 22.2. The van der Waals surface area contributed by atoms with Crippen molar-refractivity contribution in [3.63, 3.8) is 0 Å². The quantitative estimate of drug-likeness (QED) is 0.729. The molecule has 0 bridgehead atoms. The maximum Gasteiger partial charge on any atom is 0.253 e. The first-order valence-electron chi connectivity index (χ1n) is 10.0. The number of benzene rings is 1. The molecule has 0 spiro atoms. The predicted molar refractivity (Wildman–Crippen MR) is 110 cm³/mol. The maximum atomic E-state index is 12.9. The minimum Gasteiger partial charge on any atom is -0.352 e. The van der Waals surface area contributed by atoms with E-state index in [1.165, 1.54) is 0 Å². The van der Waals surface area contributed by atoms with Crippen molar-refractivity contribution in [3.8, 4) is 0 Å². The molecule has 28 heavy (non-hydrogen) atoms. The summed E-state index contributed by atoms with van der Waals surface area (Å²) in [6.45, 7) is 6.99. The number of halogens is 1. The summed E-state index contributed by atoms with van der Waals surface area (Å²) in [6.07, 6.45) is 2.63. The van der Waals surface area contributed by atoms with Gasteiger partial charge in [-0.05, 0) is 44.2 Å². The summed E-state index contributed by atoms with van der Waals surface area (Å²) in [5.74, 6) is -0.451. The van der Waals surface area contributed by atoms with E-state index in [4.69, 9.17) is 11.6 Å². The van der Waals surface area contributed by atoms with Crippen molar-refractivity contribution in [1.29, 1.82) is 0 Å². The van der Waals surface area contributed by atoms with Crippen LogP contribution >= 0.6 is 11.6 Å². The zero-order valence-corrected chi connectivity index (χ0v) is 17.6. The molecular weight excluding hydrogens is 378 g/mol. The highest BCUT2D eigenvalue weighted by atomic mass is 35.5. The van der Waals surface area contributed by atoms with Crippen LogP contribution in [-0.2, 0) is 9.59 Å². The number of carbonyl (C=O) groups excluding carboxylic acids is 3. The fourth-order valence-electron chi connectivity index (χ4n) is 3.40. The van der Waals surface area contributed by atoms with Gasteiger partial charge in [0.15, 0.2) is 0 Å². The third-order valence-electron chi connectivity index (χ3n) is 5.35. The molecule has 2 rings (SSSR count). The minimum atomic E-state index is -0.656. The molecule has 1 heterocycles. The summed E-state index contributed by atoms with van der Waals surface area (Å²) in [5, 5.41) is 6.22. The highest BCUT2D eigenvalue weighted by molar-refractivity contribution is 6.33. The van der Waals surface area contributed by atoms with Gasteiger partial charge < -0.3 is 15.5 Å². The van der Waals surface area contributed by atoms with Gasteiger partial charge in [-0.25, -0.2) is 0 Å². The van der Waals surface area contributed by atoms with Crippen molar-refractivity contribution < 1.29 is 14.4 Å². The summed E-state index contributed by atoms with van der Waals surface area (Å²) in [7, 11) is 0. The lowest BCUT2D eigenvalue weighted by Gasteiger charge is -2.36. The summed E-state index contributed by atoms with van der Waals surface area (Å²) in [4.78, 5) is 39.4. The van der Waals surface area contributed by atoms with E-state index < -0.39 is 6.04 Å². The Morgan fingerprint density at radius 1 is 1.14 bits per heavy atom. The second-order valence-corrected chi connectivity index (χ2v) is 7.73. The van der Waals surface area contributed by atoms with E-state index in [1.807, 2.05) is 25.7 Å². The zero-order valence-electron chi connectivity index (χ0n) is 16.8. The molecule has 0 aromatic heterocycles. The molecule has 1 fully saturated rings. The van der Waals surface area contributed by atoms with Gasteiger partial charge in [-0.2, -0.15) is 0 Å². The summed E-state index contributed by atoms with van der Waals surface area (Å²) >= 11 is 6.14. The molecule has 2 unspecified atom stereocenters. The number of amides is 3. The van der Waals surface area contributed by atoms with Gasteiger partial charge in [-0.1, -0.05) is 37.6 Å². The van der Waals surface area contributed by atoms with Gasteiger partial charge >= 0.3 is 0 Å². The average Bonchev–Trinajstić information content (AvgIpc) is 2.71. The lowest BCUT2D eigenvalue weighted by atomic mass is 9.88. The first-order chi connectivity index (χ1) is 13.4. The highest BCUT2D eigenvalue weighted by Crippen LogP contribution is 2.23. The molecule has 2 atom stereocenters. The van der Waals surface area contributed by atoms with Gasteiger partial charge in [0.05, 0.1) is 10.6 Å².